The van der Waals surface area contributed by atoms with Gasteiger partial charge < -0.3 is 15.1 Å². The van der Waals surface area contributed by atoms with Crippen molar-refractivity contribution in [1.82, 2.24) is 9.80 Å². The summed E-state index contributed by atoms with van der Waals surface area (Å²) >= 11 is 0. The topological polar surface area (TPSA) is 55.9 Å². The van der Waals surface area contributed by atoms with E-state index in [9.17, 15) is 9.59 Å². The highest BCUT2D eigenvalue weighted by Gasteiger charge is 2.23. The molecule has 1 fully saturated rings. The Bertz CT molecular complexity index is 919. The Morgan fingerprint density at radius 1 is 0.968 bits per heavy atom. The predicted octanol–water partition coefficient (Wildman–Crippen LogP) is 3.08. The van der Waals surface area contributed by atoms with Crippen LogP contribution in [0, 0.1) is 13.8 Å². The molecule has 3 rings (SSSR count). The third-order valence-electron chi connectivity index (χ3n) is 6.04. The van der Waals surface area contributed by atoms with Crippen LogP contribution in [-0.4, -0.2) is 67.9 Å². The van der Waals surface area contributed by atoms with Crippen molar-refractivity contribution in [2.24, 2.45) is 0 Å². The Hall–Kier alpha value is -2.86. The molecule has 0 saturated carbocycles. The molecule has 6 heteroatoms. The molecule has 6 nitrogen and oxygen atoms in total. The average molecular weight is 423 g/mol. The first-order valence-electron chi connectivity index (χ1n) is 11.0. The lowest BCUT2D eigenvalue weighted by atomic mass is 10.1. The van der Waals surface area contributed by atoms with Crippen molar-refractivity contribution in [3.8, 4) is 0 Å². The number of nitrogens with one attached hydrogen (secondary N) is 1. The van der Waals surface area contributed by atoms with Crippen molar-refractivity contribution in [3.63, 3.8) is 0 Å². The van der Waals surface area contributed by atoms with Gasteiger partial charge in [-0.05, 0) is 56.1 Å². The molecule has 2 aromatic rings. The minimum Gasteiger partial charge on any atom is -0.368 e. The van der Waals surface area contributed by atoms with E-state index >= 15 is 0 Å². The number of likely N-dealkylation sites (N-methyl/N-ethyl adjacent to an activating group) is 1. The van der Waals surface area contributed by atoms with Crippen LogP contribution in [0.2, 0.25) is 0 Å². The Labute approximate surface area is 185 Å². The van der Waals surface area contributed by atoms with Gasteiger partial charge in [0.05, 0.1) is 13.1 Å². The summed E-state index contributed by atoms with van der Waals surface area (Å²) in [6, 6.07) is 14.2. The zero-order valence-corrected chi connectivity index (χ0v) is 19.1. The molecule has 0 aromatic heterocycles. The van der Waals surface area contributed by atoms with E-state index in [4.69, 9.17) is 0 Å². The highest BCUT2D eigenvalue weighted by molar-refractivity contribution is 5.93. The van der Waals surface area contributed by atoms with Gasteiger partial charge in [0.25, 0.3) is 0 Å². The molecule has 2 amide bonds. The summed E-state index contributed by atoms with van der Waals surface area (Å²) in [6.45, 7) is 9.84. The van der Waals surface area contributed by atoms with Crippen LogP contribution in [0.4, 0.5) is 11.4 Å². The zero-order valence-electron chi connectivity index (χ0n) is 19.1. The molecule has 31 heavy (non-hydrogen) atoms. The maximum Gasteiger partial charge on any atom is 0.238 e. The van der Waals surface area contributed by atoms with E-state index in [-0.39, 0.29) is 24.9 Å². The maximum atomic E-state index is 12.7. The number of para-hydroxylation sites is 1. The predicted molar refractivity (Wildman–Crippen MR) is 127 cm³/mol. The zero-order chi connectivity index (χ0) is 22.4. The summed E-state index contributed by atoms with van der Waals surface area (Å²) in [6.07, 6.45) is 0.860. The summed E-state index contributed by atoms with van der Waals surface area (Å²) in [7, 11) is 1.82. The van der Waals surface area contributed by atoms with Gasteiger partial charge in [-0.25, -0.2) is 0 Å². The van der Waals surface area contributed by atoms with Crippen LogP contribution >= 0.6 is 0 Å². The van der Waals surface area contributed by atoms with Crippen LogP contribution in [0.15, 0.2) is 42.5 Å². The van der Waals surface area contributed by atoms with Gasteiger partial charge in [0.15, 0.2) is 0 Å². The second-order valence-electron chi connectivity index (χ2n) is 8.32. The normalized spacial score (nSPS) is 14.1. The highest BCUT2D eigenvalue weighted by Crippen LogP contribution is 2.24. The molecular weight excluding hydrogens is 388 g/mol. The molecule has 166 valence electrons. The number of nitrogens with zero attached hydrogens (tertiary/aromatic N) is 3. The summed E-state index contributed by atoms with van der Waals surface area (Å²) in [5.74, 6) is -0.0270. The molecule has 0 radical (unpaired) electrons. The van der Waals surface area contributed by atoms with E-state index in [0.717, 1.165) is 30.8 Å². The molecule has 0 unspecified atom stereocenters. The standard InChI is InChI=1S/C25H34N4O2/c1-5-21-10-6-7-11-22(21)26-24(30)17-27(4)18-25(31)29-15-13-28(14-16-29)23-12-8-9-19(2)20(23)3/h6-12H,5,13-18H2,1-4H3,(H,26,30). The third-order valence-corrected chi connectivity index (χ3v) is 6.04. The first-order chi connectivity index (χ1) is 14.9. The summed E-state index contributed by atoms with van der Waals surface area (Å²) in [5, 5.41) is 2.97. The molecule has 2 aromatic carbocycles. The molecule has 1 saturated heterocycles. The lowest BCUT2D eigenvalue weighted by Crippen LogP contribution is -2.51. The van der Waals surface area contributed by atoms with Crippen LogP contribution in [-0.2, 0) is 16.0 Å². The van der Waals surface area contributed by atoms with Crippen LogP contribution < -0.4 is 10.2 Å². The smallest absolute Gasteiger partial charge is 0.238 e. The fourth-order valence-corrected chi connectivity index (χ4v) is 4.05. The number of benzene rings is 2. The minimum atomic E-state index is -0.101. The summed E-state index contributed by atoms with van der Waals surface area (Å²) < 4.78 is 0. The average Bonchev–Trinajstić information content (AvgIpc) is 2.76. The van der Waals surface area contributed by atoms with Crippen molar-refractivity contribution >= 4 is 23.2 Å². The third kappa shape index (κ3) is 5.85. The Balaban J connectivity index is 1.47. The van der Waals surface area contributed by atoms with Crippen molar-refractivity contribution in [2.75, 3.05) is 56.5 Å². The second-order valence-corrected chi connectivity index (χ2v) is 8.32. The number of amides is 2. The number of carbonyl (C=O) groups is 2. The molecule has 0 spiro atoms. The van der Waals surface area contributed by atoms with Crippen LogP contribution in [0.3, 0.4) is 0 Å². The van der Waals surface area contributed by atoms with Gasteiger partial charge in [-0.3, -0.25) is 14.5 Å². The lowest BCUT2D eigenvalue weighted by molar-refractivity contribution is -0.132. The van der Waals surface area contributed by atoms with E-state index < -0.39 is 0 Å². The Morgan fingerprint density at radius 3 is 2.39 bits per heavy atom. The van der Waals surface area contributed by atoms with E-state index in [0.29, 0.717) is 13.1 Å². The molecule has 1 aliphatic heterocycles. The molecule has 1 N–H and O–H groups in total. The van der Waals surface area contributed by atoms with Crippen molar-refractivity contribution in [3.05, 3.63) is 59.2 Å². The largest absolute Gasteiger partial charge is 0.368 e. The van der Waals surface area contributed by atoms with Gasteiger partial charge in [-0.15, -0.1) is 0 Å². The lowest BCUT2D eigenvalue weighted by Gasteiger charge is -2.37. The molecule has 0 atom stereocenters. The quantitative estimate of drug-likeness (QED) is 0.745. The molecular formula is C25H34N4O2. The minimum absolute atomic E-state index is 0.0740. The van der Waals surface area contributed by atoms with Gasteiger partial charge in [0, 0.05) is 37.6 Å². The Kier molecular flexibility index (Phi) is 7.69. The first-order valence-corrected chi connectivity index (χ1v) is 11.0. The van der Waals surface area contributed by atoms with Gasteiger partial charge in [-0.1, -0.05) is 37.3 Å². The fraction of sp³-hybridized carbons (Fsp3) is 0.440. The van der Waals surface area contributed by atoms with E-state index in [1.54, 1.807) is 4.90 Å². The van der Waals surface area contributed by atoms with E-state index in [2.05, 4.69) is 49.2 Å². The number of hydrogen-bond donors (Lipinski definition) is 1. The van der Waals surface area contributed by atoms with Crippen LogP contribution in [0.25, 0.3) is 0 Å². The number of hydrogen-bond acceptors (Lipinski definition) is 4. The number of aryl methyl sites for hydroxylation is 2. The van der Waals surface area contributed by atoms with Gasteiger partial charge in [-0.2, -0.15) is 0 Å². The van der Waals surface area contributed by atoms with Gasteiger partial charge in [0.1, 0.15) is 0 Å². The summed E-state index contributed by atoms with van der Waals surface area (Å²) in [4.78, 5) is 31.2. The van der Waals surface area contributed by atoms with Gasteiger partial charge >= 0.3 is 0 Å². The van der Waals surface area contributed by atoms with E-state index in [1.807, 2.05) is 36.2 Å². The van der Waals surface area contributed by atoms with Crippen LogP contribution in [0.5, 0.6) is 0 Å². The molecule has 1 aliphatic rings. The number of rotatable bonds is 7. The molecule has 0 aliphatic carbocycles. The van der Waals surface area contributed by atoms with E-state index in [1.165, 1.54) is 16.8 Å². The monoisotopic (exact) mass is 422 g/mol. The SMILES string of the molecule is CCc1ccccc1NC(=O)CN(C)CC(=O)N1CCN(c2cccc(C)c2C)CC1. The van der Waals surface area contributed by atoms with Gasteiger partial charge in [0.2, 0.25) is 11.8 Å². The second kappa shape index (κ2) is 10.4. The van der Waals surface area contributed by atoms with Crippen LogP contribution in [0.1, 0.15) is 23.6 Å². The summed E-state index contributed by atoms with van der Waals surface area (Å²) in [5.41, 5.74) is 5.80. The number of anilines is 2. The highest BCUT2D eigenvalue weighted by atomic mass is 16.2. The van der Waals surface area contributed by atoms with Crippen molar-refractivity contribution in [1.29, 1.82) is 0 Å². The fourth-order valence-electron chi connectivity index (χ4n) is 4.05. The number of carbonyl (C=O) groups excluding carboxylic acids is 2. The maximum absolute atomic E-state index is 12.7. The number of piperazine rings is 1. The Morgan fingerprint density at radius 2 is 1.68 bits per heavy atom. The molecule has 0 bridgehead atoms. The van der Waals surface area contributed by atoms with Crippen molar-refractivity contribution in [2.45, 2.75) is 27.2 Å². The first kappa shape index (κ1) is 22.8. The van der Waals surface area contributed by atoms with Crippen molar-refractivity contribution < 1.29 is 9.59 Å². The molecule has 1 heterocycles.